The summed E-state index contributed by atoms with van der Waals surface area (Å²) in [6, 6.07) is 6.55. The Morgan fingerprint density at radius 3 is 2.56 bits per heavy atom. The summed E-state index contributed by atoms with van der Waals surface area (Å²) in [6.07, 6.45) is -4.38. The number of aliphatic hydroxyl groups excluding tert-OH is 1. The molecule has 1 aliphatic rings. The second-order valence-electron chi connectivity index (χ2n) is 7.45. The van der Waals surface area contributed by atoms with E-state index in [0.717, 1.165) is 10.0 Å². The zero-order chi connectivity index (χ0) is 25.1. The van der Waals surface area contributed by atoms with Crippen LogP contribution in [0.25, 0.3) is 0 Å². The number of benzene rings is 1. The fourth-order valence-corrected chi connectivity index (χ4v) is 3.56. The molecule has 190 valence electrons. The van der Waals surface area contributed by atoms with E-state index in [1.54, 1.807) is 6.92 Å². The van der Waals surface area contributed by atoms with E-state index in [1.165, 1.54) is 0 Å². The number of nitrogens with zero attached hydrogens (tertiary/aromatic N) is 1. The number of carbonyl (C=O) groups excluding carboxylic acids is 1. The first-order valence-electron chi connectivity index (χ1n) is 10.7. The number of aliphatic hydroxyl groups is 1. The Labute approximate surface area is 205 Å². The molecule has 1 amide bonds. The molecule has 1 aliphatic heterocycles. The number of halogens is 1. The van der Waals surface area contributed by atoms with Crippen LogP contribution in [0, 0.1) is 0 Å². The van der Waals surface area contributed by atoms with Crippen molar-refractivity contribution in [2.24, 2.45) is 16.5 Å². The van der Waals surface area contributed by atoms with Crippen molar-refractivity contribution in [1.29, 1.82) is 0 Å². The third-order valence-corrected chi connectivity index (χ3v) is 5.36. The van der Waals surface area contributed by atoms with Crippen LogP contribution in [-0.2, 0) is 35.1 Å². The van der Waals surface area contributed by atoms with Crippen LogP contribution in [0.3, 0.4) is 0 Å². The molecule has 2 rings (SSSR count). The number of hydrogen-bond donors (Lipinski definition) is 5. The number of aliphatic imine (C=N–C) groups is 1. The number of nitrogens with one attached hydrogen (secondary N) is 1. The highest BCUT2D eigenvalue weighted by molar-refractivity contribution is 9.10. The highest BCUT2D eigenvalue weighted by Gasteiger charge is 2.47. The molecule has 12 nitrogen and oxygen atoms in total. The van der Waals surface area contributed by atoms with Gasteiger partial charge in [0, 0.05) is 17.5 Å². The standard InChI is InChI=1S/C21H31BrN4O8/c1-2-32-20-17(26-15(27)7-8-25-21(23)24)19(33-11-16(28)29)18(30)14(34-20)10-31-9-12-3-5-13(22)6-4-12/h3-6,14,17-20,30H,2,7-11H2,1H3,(H,26,27)(H,28,29)(H4,23,24,25)/t14-,17-,18-,19-,20-/m1/s1. The molecule has 7 N–H and O–H groups in total. The van der Waals surface area contributed by atoms with Gasteiger partial charge < -0.3 is 45.9 Å². The average molecular weight is 547 g/mol. The van der Waals surface area contributed by atoms with Crippen LogP contribution in [0.5, 0.6) is 0 Å². The maximum atomic E-state index is 12.4. The number of ether oxygens (including phenoxy) is 4. The normalized spacial score (nSPS) is 24.4. The lowest BCUT2D eigenvalue weighted by molar-refractivity contribution is -0.278. The molecule has 1 fully saturated rings. The van der Waals surface area contributed by atoms with Gasteiger partial charge in [-0.25, -0.2) is 4.79 Å². The molecule has 5 atom stereocenters. The highest BCUT2D eigenvalue weighted by atomic mass is 79.9. The van der Waals surface area contributed by atoms with E-state index in [4.69, 9.17) is 35.5 Å². The number of guanidine groups is 1. The van der Waals surface area contributed by atoms with Gasteiger partial charge in [0.2, 0.25) is 5.91 Å². The van der Waals surface area contributed by atoms with Crippen molar-refractivity contribution in [3.05, 3.63) is 34.3 Å². The zero-order valence-corrected chi connectivity index (χ0v) is 20.3. The van der Waals surface area contributed by atoms with Gasteiger partial charge in [-0.05, 0) is 24.6 Å². The summed E-state index contributed by atoms with van der Waals surface area (Å²) in [6.45, 7) is 1.59. The molecule has 1 aromatic rings. The Hall–Kier alpha value is -2.29. The fourth-order valence-electron chi connectivity index (χ4n) is 3.30. The van der Waals surface area contributed by atoms with Gasteiger partial charge >= 0.3 is 5.97 Å². The Bertz CT molecular complexity index is 821. The van der Waals surface area contributed by atoms with Gasteiger partial charge in [0.25, 0.3) is 0 Å². The molecule has 0 spiro atoms. The first-order valence-corrected chi connectivity index (χ1v) is 11.5. The minimum atomic E-state index is -1.30. The molecule has 0 unspecified atom stereocenters. The molecule has 0 aliphatic carbocycles. The number of amides is 1. The molecule has 0 radical (unpaired) electrons. The number of carboxylic acid groups (broad SMARTS) is 1. The highest BCUT2D eigenvalue weighted by Crippen LogP contribution is 2.25. The van der Waals surface area contributed by atoms with Crippen molar-refractivity contribution in [3.8, 4) is 0 Å². The largest absolute Gasteiger partial charge is 0.480 e. The summed E-state index contributed by atoms with van der Waals surface area (Å²) in [4.78, 5) is 27.3. The van der Waals surface area contributed by atoms with Crippen molar-refractivity contribution in [1.82, 2.24) is 5.32 Å². The monoisotopic (exact) mass is 546 g/mol. The van der Waals surface area contributed by atoms with E-state index in [2.05, 4.69) is 26.2 Å². The van der Waals surface area contributed by atoms with Gasteiger partial charge in [-0.2, -0.15) is 0 Å². The first-order chi connectivity index (χ1) is 16.2. The first kappa shape index (κ1) is 28.0. The van der Waals surface area contributed by atoms with Gasteiger partial charge in [-0.1, -0.05) is 28.1 Å². The summed E-state index contributed by atoms with van der Waals surface area (Å²) in [7, 11) is 0. The maximum absolute atomic E-state index is 12.4. The summed E-state index contributed by atoms with van der Waals surface area (Å²) < 4.78 is 23.6. The summed E-state index contributed by atoms with van der Waals surface area (Å²) >= 11 is 3.37. The molecule has 0 saturated carbocycles. The lowest BCUT2D eigenvalue weighted by Crippen LogP contribution is -2.65. The number of hydrogen-bond acceptors (Lipinski definition) is 8. The van der Waals surface area contributed by atoms with Crippen LogP contribution in [0.4, 0.5) is 0 Å². The van der Waals surface area contributed by atoms with Gasteiger partial charge in [-0.15, -0.1) is 0 Å². The molecule has 1 heterocycles. The third-order valence-electron chi connectivity index (χ3n) is 4.83. The van der Waals surface area contributed by atoms with Crippen molar-refractivity contribution in [3.63, 3.8) is 0 Å². The number of aliphatic carboxylic acids is 1. The summed E-state index contributed by atoms with van der Waals surface area (Å²) in [5.41, 5.74) is 11.4. The SMILES string of the molecule is CCO[C@@H]1O[C@H](COCc2ccc(Br)cc2)[C@@H](O)[C@H](OCC(=O)O)[C@H]1NC(=O)CCN=C(N)N. The Morgan fingerprint density at radius 2 is 1.94 bits per heavy atom. The van der Waals surface area contributed by atoms with Crippen LogP contribution in [0.15, 0.2) is 33.7 Å². The molecular weight excluding hydrogens is 516 g/mol. The summed E-state index contributed by atoms with van der Waals surface area (Å²) in [5, 5.41) is 22.6. The fraction of sp³-hybridized carbons (Fsp3) is 0.571. The van der Waals surface area contributed by atoms with E-state index >= 15 is 0 Å². The topological polar surface area (TPSA) is 188 Å². The van der Waals surface area contributed by atoms with E-state index in [-0.39, 0.29) is 38.7 Å². The Morgan fingerprint density at radius 1 is 1.24 bits per heavy atom. The molecule has 0 bridgehead atoms. The van der Waals surface area contributed by atoms with Crippen molar-refractivity contribution in [2.75, 3.05) is 26.4 Å². The minimum absolute atomic E-state index is 0.0150. The third kappa shape index (κ3) is 9.16. The van der Waals surface area contributed by atoms with Crippen LogP contribution in [0.1, 0.15) is 18.9 Å². The number of nitrogens with two attached hydrogens (primary N) is 2. The smallest absolute Gasteiger partial charge is 0.329 e. The number of rotatable bonds is 13. The molecule has 0 aromatic heterocycles. The average Bonchev–Trinajstić information content (AvgIpc) is 2.77. The van der Waals surface area contributed by atoms with Crippen LogP contribution >= 0.6 is 15.9 Å². The quantitative estimate of drug-likeness (QED) is 0.162. The second-order valence-corrected chi connectivity index (χ2v) is 8.37. The molecule has 1 saturated heterocycles. The van der Waals surface area contributed by atoms with Crippen molar-refractivity contribution >= 4 is 33.8 Å². The lowest BCUT2D eigenvalue weighted by Gasteiger charge is -2.44. The number of carboxylic acids is 1. The molecular formula is C21H31BrN4O8. The number of carbonyl (C=O) groups is 2. The zero-order valence-electron chi connectivity index (χ0n) is 18.8. The predicted molar refractivity (Wildman–Crippen MR) is 125 cm³/mol. The Kier molecular flexibility index (Phi) is 11.7. The molecule has 13 heteroatoms. The van der Waals surface area contributed by atoms with Crippen LogP contribution in [-0.4, -0.2) is 85.1 Å². The van der Waals surface area contributed by atoms with Gasteiger partial charge in [-0.3, -0.25) is 9.79 Å². The molecule has 1 aromatic carbocycles. The van der Waals surface area contributed by atoms with Crippen molar-refractivity contribution < 1.29 is 38.7 Å². The second kappa shape index (κ2) is 14.2. The summed E-state index contributed by atoms with van der Waals surface area (Å²) in [5.74, 6) is -1.83. The van der Waals surface area contributed by atoms with Gasteiger partial charge in [0.15, 0.2) is 12.2 Å². The van der Waals surface area contributed by atoms with E-state index in [1.807, 2.05) is 24.3 Å². The van der Waals surface area contributed by atoms with E-state index < -0.39 is 49.1 Å². The van der Waals surface area contributed by atoms with Gasteiger partial charge in [0.05, 0.1) is 19.8 Å². The molecule has 34 heavy (non-hydrogen) atoms. The van der Waals surface area contributed by atoms with E-state index in [0.29, 0.717) is 0 Å². The minimum Gasteiger partial charge on any atom is -0.480 e. The van der Waals surface area contributed by atoms with Crippen LogP contribution in [0.2, 0.25) is 0 Å². The van der Waals surface area contributed by atoms with Crippen LogP contribution < -0.4 is 16.8 Å². The lowest BCUT2D eigenvalue weighted by atomic mass is 9.96. The maximum Gasteiger partial charge on any atom is 0.329 e. The van der Waals surface area contributed by atoms with Gasteiger partial charge in [0.1, 0.15) is 31.0 Å². The van der Waals surface area contributed by atoms with Crippen molar-refractivity contribution in [2.45, 2.75) is 50.6 Å². The van der Waals surface area contributed by atoms with E-state index in [9.17, 15) is 14.7 Å². The Balaban J connectivity index is 2.09. The predicted octanol–water partition coefficient (Wildman–Crippen LogP) is -0.294.